The number of benzene rings is 1. The summed E-state index contributed by atoms with van der Waals surface area (Å²) in [5.74, 6) is 1.84. The summed E-state index contributed by atoms with van der Waals surface area (Å²) in [5, 5.41) is 3.56. The highest BCUT2D eigenvalue weighted by Crippen LogP contribution is 2.43. The van der Waals surface area contributed by atoms with E-state index in [4.69, 9.17) is 9.47 Å². The minimum Gasteiger partial charge on any atom is -0.497 e. The fourth-order valence-electron chi connectivity index (χ4n) is 3.33. The molecular weight excluding hydrogens is 238 g/mol. The number of nitrogens with one attached hydrogen (secondary N) is 1. The van der Waals surface area contributed by atoms with Gasteiger partial charge in [-0.25, -0.2) is 0 Å². The maximum Gasteiger partial charge on any atom is 0.122 e. The van der Waals surface area contributed by atoms with Gasteiger partial charge in [-0.2, -0.15) is 0 Å². The molecule has 1 N–H and O–H groups in total. The lowest BCUT2D eigenvalue weighted by atomic mass is 9.67. The van der Waals surface area contributed by atoms with Crippen molar-refractivity contribution in [2.45, 2.75) is 32.6 Å². The molecule has 0 aromatic heterocycles. The van der Waals surface area contributed by atoms with Gasteiger partial charge >= 0.3 is 0 Å². The molecule has 1 saturated heterocycles. The number of piperidine rings is 1. The molecule has 0 aliphatic carbocycles. The molecule has 106 valence electrons. The molecule has 19 heavy (non-hydrogen) atoms. The van der Waals surface area contributed by atoms with Crippen molar-refractivity contribution in [1.29, 1.82) is 0 Å². The summed E-state index contributed by atoms with van der Waals surface area (Å²) in [6.07, 6.45) is 1.14. The molecule has 3 nitrogen and oxygen atoms in total. The molecule has 1 atom stereocenters. The highest BCUT2D eigenvalue weighted by atomic mass is 16.5. The van der Waals surface area contributed by atoms with Gasteiger partial charge in [0.2, 0.25) is 0 Å². The molecule has 1 fully saturated rings. The lowest BCUT2D eigenvalue weighted by Gasteiger charge is -2.44. The van der Waals surface area contributed by atoms with Crippen molar-refractivity contribution in [3.63, 3.8) is 0 Å². The first-order valence-corrected chi connectivity index (χ1v) is 6.83. The summed E-state index contributed by atoms with van der Waals surface area (Å²) >= 11 is 0. The van der Waals surface area contributed by atoms with Gasteiger partial charge in [-0.05, 0) is 30.0 Å². The van der Waals surface area contributed by atoms with Crippen molar-refractivity contribution in [2.75, 3.05) is 27.3 Å². The van der Waals surface area contributed by atoms with Gasteiger partial charge in [0.05, 0.1) is 14.2 Å². The smallest absolute Gasteiger partial charge is 0.122 e. The lowest BCUT2D eigenvalue weighted by molar-refractivity contribution is 0.176. The monoisotopic (exact) mass is 263 g/mol. The summed E-state index contributed by atoms with van der Waals surface area (Å²) in [6.45, 7) is 8.96. The molecule has 0 spiro atoms. The maximum absolute atomic E-state index is 5.55. The molecule has 0 bridgehead atoms. The van der Waals surface area contributed by atoms with Gasteiger partial charge in [0, 0.05) is 24.1 Å². The molecule has 1 aliphatic heterocycles. The van der Waals surface area contributed by atoms with Crippen LogP contribution in [0.2, 0.25) is 0 Å². The fraction of sp³-hybridized carbons (Fsp3) is 0.625. The molecule has 1 unspecified atom stereocenters. The number of hydrogen-bond donors (Lipinski definition) is 1. The van der Waals surface area contributed by atoms with Gasteiger partial charge in [0.25, 0.3) is 0 Å². The molecule has 1 aromatic rings. The minimum absolute atomic E-state index is 0.0711. The lowest BCUT2D eigenvalue weighted by Crippen LogP contribution is -2.49. The Morgan fingerprint density at radius 3 is 2.37 bits per heavy atom. The second kappa shape index (κ2) is 5.04. The number of hydrogen-bond acceptors (Lipinski definition) is 3. The van der Waals surface area contributed by atoms with E-state index in [2.05, 4.69) is 32.2 Å². The van der Waals surface area contributed by atoms with E-state index in [-0.39, 0.29) is 5.41 Å². The highest BCUT2D eigenvalue weighted by molar-refractivity contribution is 5.45. The first-order valence-electron chi connectivity index (χ1n) is 6.83. The van der Waals surface area contributed by atoms with E-state index < -0.39 is 0 Å². The predicted octanol–water partition coefficient (Wildman–Crippen LogP) is 2.98. The summed E-state index contributed by atoms with van der Waals surface area (Å²) in [6, 6.07) is 6.07. The minimum atomic E-state index is 0.0711. The van der Waals surface area contributed by atoms with E-state index in [1.807, 2.05) is 12.1 Å². The SMILES string of the molecule is COc1ccc(OC)c(C2(C)CNCC(C)(C)C2)c1. The van der Waals surface area contributed by atoms with Crippen molar-refractivity contribution in [3.8, 4) is 11.5 Å². The third-order valence-corrected chi connectivity index (χ3v) is 4.04. The topological polar surface area (TPSA) is 30.5 Å². The predicted molar refractivity (Wildman–Crippen MR) is 78.2 cm³/mol. The van der Waals surface area contributed by atoms with E-state index in [1.165, 1.54) is 5.56 Å². The van der Waals surface area contributed by atoms with Crippen LogP contribution in [0.15, 0.2) is 18.2 Å². The van der Waals surface area contributed by atoms with Crippen LogP contribution in [0.25, 0.3) is 0 Å². The molecule has 0 radical (unpaired) electrons. The zero-order chi connectivity index (χ0) is 14.1. The Kier molecular flexibility index (Phi) is 3.77. The van der Waals surface area contributed by atoms with Crippen LogP contribution in [-0.4, -0.2) is 27.3 Å². The van der Waals surface area contributed by atoms with Gasteiger partial charge in [0.1, 0.15) is 11.5 Å². The average Bonchev–Trinajstić information content (AvgIpc) is 2.36. The Morgan fingerprint density at radius 1 is 1.05 bits per heavy atom. The van der Waals surface area contributed by atoms with Crippen molar-refractivity contribution in [2.24, 2.45) is 5.41 Å². The second-order valence-corrected chi connectivity index (χ2v) is 6.57. The highest BCUT2D eigenvalue weighted by Gasteiger charge is 2.39. The summed E-state index contributed by atoms with van der Waals surface area (Å²) in [5.41, 5.74) is 1.59. The van der Waals surface area contributed by atoms with Crippen LogP contribution in [-0.2, 0) is 5.41 Å². The average molecular weight is 263 g/mol. The van der Waals surface area contributed by atoms with Gasteiger partial charge in [-0.1, -0.05) is 20.8 Å². The molecule has 2 rings (SSSR count). The van der Waals surface area contributed by atoms with E-state index in [1.54, 1.807) is 14.2 Å². The normalized spacial score (nSPS) is 25.9. The molecule has 1 aliphatic rings. The molecule has 0 saturated carbocycles. The Labute approximate surface area is 116 Å². The summed E-state index contributed by atoms with van der Waals surface area (Å²) < 4.78 is 10.9. The Morgan fingerprint density at radius 2 is 1.79 bits per heavy atom. The van der Waals surface area contributed by atoms with E-state index >= 15 is 0 Å². The summed E-state index contributed by atoms with van der Waals surface area (Å²) in [7, 11) is 3.44. The van der Waals surface area contributed by atoms with Crippen molar-refractivity contribution < 1.29 is 9.47 Å². The number of ether oxygens (including phenoxy) is 2. The van der Waals surface area contributed by atoms with Crippen LogP contribution in [0.5, 0.6) is 11.5 Å². The number of rotatable bonds is 3. The first kappa shape index (κ1) is 14.2. The van der Waals surface area contributed by atoms with E-state index in [0.717, 1.165) is 31.0 Å². The van der Waals surface area contributed by atoms with Gasteiger partial charge in [-0.15, -0.1) is 0 Å². The standard InChI is InChI=1S/C16H25NO2/c1-15(2)9-16(3,11-17-10-15)13-8-12(18-4)6-7-14(13)19-5/h6-8,17H,9-11H2,1-5H3. The molecular formula is C16H25NO2. The number of methoxy groups -OCH3 is 2. The maximum atomic E-state index is 5.55. The van der Waals surface area contributed by atoms with Crippen molar-refractivity contribution in [1.82, 2.24) is 5.32 Å². The molecule has 1 heterocycles. The van der Waals surface area contributed by atoms with Crippen LogP contribution in [0, 0.1) is 5.41 Å². The van der Waals surface area contributed by atoms with E-state index in [9.17, 15) is 0 Å². The van der Waals surface area contributed by atoms with Crippen molar-refractivity contribution in [3.05, 3.63) is 23.8 Å². The Balaban J connectivity index is 2.43. The quantitative estimate of drug-likeness (QED) is 0.909. The first-order chi connectivity index (χ1) is 8.90. The largest absolute Gasteiger partial charge is 0.497 e. The van der Waals surface area contributed by atoms with E-state index in [0.29, 0.717) is 5.41 Å². The molecule has 1 aromatic carbocycles. The van der Waals surface area contributed by atoms with Crippen LogP contribution >= 0.6 is 0 Å². The van der Waals surface area contributed by atoms with Crippen LogP contribution < -0.4 is 14.8 Å². The second-order valence-electron chi connectivity index (χ2n) is 6.57. The fourth-order valence-corrected chi connectivity index (χ4v) is 3.33. The Hall–Kier alpha value is -1.22. The third-order valence-electron chi connectivity index (χ3n) is 4.04. The third kappa shape index (κ3) is 2.86. The molecule has 0 amide bonds. The zero-order valence-electron chi connectivity index (χ0n) is 12.7. The van der Waals surface area contributed by atoms with Crippen molar-refractivity contribution >= 4 is 0 Å². The van der Waals surface area contributed by atoms with Crippen LogP contribution in [0.1, 0.15) is 32.8 Å². The van der Waals surface area contributed by atoms with Gasteiger partial charge in [-0.3, -0.25) is 0 Å². The van der Waals surface area contributed by atoms with Gasteiger partial charge in [0.15, 0.2) is 0 Å². The Bertz CT molecular complexity index is 456. The molecule has 3 heteroatoms. The van der Waals surface area contributed by atoms with Gasteiger partial charge < -0.3 is 14.8 Å². The zero-order valence-corrected chi connectivity index (χ0v) is 12.7. The van der Waals surface area contributed by atoms with Crippen LogP contribution in [0.3, 0.4) is 0 Å². The van der Waals surface area contributed by atoms with Crippen LogP contribution in [0.4, 0.5) is 0 Å². The summed E-state index contributed by atoms with van der Waals surface area (Å²) in [4.78, 5) is 0.